The van der Waals surface area contributed by atoms with Crippen molar-refractivity contribution in [1.29, 1.82) is 0 Å². The molecular formula is C19H33N3O2. The van der Waals surface area contributed by atoms with Gasteiger partial charge in [0.05, 0.1) is 0 Å². The van der Waals surface area contributed by atoms with Crippen LogP contribution in [-0.4, -0.2) is 60.9 Å². The number of piperidine rings is 3. The van der Waals surface area contributed by atoms with Gasteiger partial charge in [-0.1, -0.05) is 0 Å². The van der Waals surface area contributed by atoms with Crippen LogP contribution in [-0.2, 0) is 9.59 Å². The van der Waals surface area contributed by atoms with E-state index in [2.05, 4.69) is 10.2 Å². The molecule has 5 heteroatoms. The van der Waals surface area contributed by atoms with Crippen LogP contribution in [0.4, 0.5) is 0 Å². The maximum absolute atomic E-state index is 12.6. The van der Waals surface area contributed by atoms with Crippen LogP contribution in [0.2, 0.25) is 0 Å². The molecule has 0 radical (unpaired) electrons. The zero-order chi connectivity index (χ0) is 16.8. The number of likely N-dealkylation sites (tertiary alicyclic amines) is 2. The highest BCUT2D eigenvalue weighted by Crippen LogP contribution is 2.24. The van der Waals surface area contributed by atoms with Crippen LogP contribution in [0.15, 0.2) is 0 Å². The standard InChI is InChI=1S/C19H33N3O2/c23-18(5-4-16-6-10-20-11-7-16)21-14-8-17(9-15-21)19(24)22-12-2-1-3-13-22/h16-17,20H,1-15H2. The Morgan fingerprint density at radius 1 is 0.833 bits per heavy atom. The van der Waals surface area contributed by atoms with Crippen LogP contribution in [0, 0.1) is 11.8 Å². The van der Waals surface area contributed by atoms with Crippen molar-refractivity contribution >= 4 is 11.8 Å². The average molecular weight is 335 g/mol. The summed E-state index contributed by atoms with van der Waals surface area (Å²) in [5.74, 6) is 1.51. The molecule has 3 heterocycles. The highest BCUT2D eigenvalue weighted by molar-refractivity contribution is 5.80. The zero-order valence-corrected chi connectivity index (χ0v) is 15.0. The summed E-state index contributed by atoms with van der Waals surface area (Å²) in [6.07, 6.45) is 9.41. The fraction of sp³-hybridized carbons (Fsp3) is 0.895. The molecule has 3 aliphatic rings. The predicted octanol–water partition coefficient (Wildman–Crippen LogP) is 2.02. The van der Waals surface area contributed by atoms with E-state index in [0.717, 1.165) is 71.4 Å². The Morgan fingerprint density at radius 3 is 2.17 bits per heavy atom. The van der Waals surface area contributed by atoms with E-state index in [0.29, 0.717) is 24.2 Å². The van der Waals surface area contributed by atoms with Gasteiger partial charge < -0.3 is 15.1 Å². The van der Waals surface area contributed by atoms with Crippen LogP contribution in [0.25, 0.3) is 0 Å². The van der Waals surface area contributed by atoms with Crippen LogP contribution < -0.4 is 5.32 Å². The molecule has 3 saturated heterocycles. The van der Waals surface area contributed by atoms with Crippen molar-refractivity contribution in [2.75, 3.05) is 39.3 Å². The van der Waals surface area contributed by atoms with Crippen LogP contribution in [0.5, 0.6) is 0 Å². The Labute approximate surface area is 146 Å². The number of nitrogens with zero attached hydrogens (tertiary/aromatic N) is 2. The van der Waals surface area contributed by atoms with E-state index < -0.39 is 0 Å². The summed E-state index contributed by atoms with van der Waals surface area (Å²) in [6.45, 7) is 5.62. The number of nitrogens with one attached hydrogen (secondary N) is 1. The lowest BCUT2D eigenvalue weighted by atomic mass is 9.91. The Balaban J connectivity index is 1.37. The van der Waals surface area contributed by atoms with E-state index in [1.54, 1.807) is 0 Å². The molecule has 24 heavy (non-hydrogen) atoms. The normalized spacial score (nSPS) is 24.2. The zero-order valence-electron chi connectivity index (χ0n) is 15.0. The molecule has 0 saturated carbocycles. The monoisotopic (exact) mass is 335 g/mol. The maximum atomic E-state index is 12.6. The smallest absolute Gasteiger partial charge is 0.225 e. The SMILES string of the molecule is O=C(CCC1CCNCC1)N1CCC(C(=O)N2CCCCC2)CC1. The Kier molecular flexibility index (Phi) is 6.52. The van der Waals surface area contributed by atoms with Gasteiger partial charge in [-0.15, -0.1) is 0 Å². The molecule has 0 bridgehead atoms. The largest absolute Gasteiger partial charge is 0.343 e. The molecule has 136 valence electrons. The molecule has 0 aromatic heterocycles. The minimum Gasteiger partial charge on any atom is -0.343 e. The van der Waals surface area contributed by atoms with Crippen molar-refractivity contribution in [3.05, 3.63) is 0 Å². The van der Waals surface area contributed by atoms with E-state index in [-0.39, 0.29) is 5.92 Å². The van der Waals surface area contributed by atoms with Gasteiger partial charge in [-0.3, -0.25) is 9.59 Å². The van der Waals surface area contributed by atoms with Gasteiger partial charge in [0, 0.05) is 38.5 Å². The van der Waals surface area contributed by atoms with Gasteiger partial charge in [0.15, 0.2) is 0 Å². The molecule has 5 nitrogen and oxygen atoms in total. The number of carbonyl (C=O) groups is 2. The summed E-state index contributed by atoms with van der Waals surface area (Å²) in [5.41, 5.74) is 0. The van der Waals surface area contributed by atoms with Gasteiger partial charge in [0.2, 0.25) is 11.8 Å². The second-order valence-electron chi connectivity index (χ2n) is 7.77. The third kappa shape index (κ3) is 4.71. The number of amides is 2. The van der Waals surface area contributed by atoms with Gasteiger partial charge in [-0.05, 0) is 70.4 Å². The second kappa shape index (κ2) is 8.84. The summed E-state index contributed by atoms with van der Waals surface area (Å²) in [4.78, 5) is 29.1. The Bertz CT molecular complexity index is 420. The first kappa shape index (κ1) is 17.7. The van der Waals surface area contributed by atoms with E-state index in [1.165, 1.54) is 19.3 Å². The van der Waals surface area contributed by atoms with Crippen molar-refractivity contribution < 1.29 is 9.59 Å². The molecule has 0 aromatic rings. The van der Waals surface area contributed by atoms with Crippen molar-refractivity contribution in [3.8, 4) is 0 Å². The fourth-order valence-electron chi connectivity index (χ4n) is 4.40. The van der Waals surface area contributed by atoms with E-state index >= 15 is 0 Å². The molecule has 0 spiro atoms. The molecular weight excluding hydrogens is 302 g/mol. The van der Waals surface area contributed by atoms with E-state index in [9.17, 15) is 9.59 Å². The van der Waals surface area contributed by atoms with Gasteiger partial charge >= 0.3 is 0 Å². The minimum atomic E-state index is 0.150. The topological polar surface area (TPSA) is 52.7 Å². The highest BCUT2D eigenvalue weighted by Gasteiger charge is 2.30. The second-order valence-corrected chi connectivity index (χ2v) is 7.77. The quantitative estimate of drug-likeness (QED) is 0.855. The first-order valence-electron chi connectivity index (χ1n) is 10.0. The van der Waals surface area contributed by atoms with Gasteiger partial charge in [0.1, 0.15) is 0 Å². The van der Waals surface area contributed by atoms with Crippen molar-refractivity contribution in [1.82, 2.24) is 15.1 Å². The van der Waals surface area contributed by atoms with Crippen LogP contribution in [0.3, 0.4) is 0 Å². The first-order chi connectivity index (χ1) is 11.7. The lowest BCUT2D eigenvalue weighted by Gasteiger charge is -2.35. The molecule has 0 atom stereocenters. The number of carbonyl (C=O) groups excluding carboxylic acids is 2. The molecule has 0 aromatic carbocycles. The summed E-state index contributed by atoms with van der Waals surface area (Å²) in [6, 6.07) is 0. The lowest BCUT2D eigenvalue weighted by molar-refractivity contribution is -0.141. The summed E-state index contributed by atoms with van der Waals surface area (Å²) < 4.78 is 0. The Morgan fingerprint density at radius 2 is 1.50 bits per heavy atom. The predicted molar refractivity (Wildman–Crippen MR) is 94.6 cm³/mol. The molecule has 3 fully saturated rings. The fourth-order valence-corrected chi connectivity index (χ4v) is 4.40. The van der Waals surface area contributed by atoms with Gasteiger partial charge in [-0.2, -0.15) is 0 Å². The van der Waals surface area contributed by atoms with Crippen LogP contribution in [0.1, 0.15) is 57.8 Å². The third-order valence-electron chi connectivity index (χ3n) is 6.09. The van der Waals surface area contributed by atoms with Gasteiger partial charge in [0.25, 0.3) is 0 Å². The summed E-state index contributed by atoms with van der Waals surface area (Å²) in [5, 5.41) is 3.38. The lowest BCUT2D eigenvalue weighted by Crippen LogP contribution is -2.45. The van der Waals surface area contributed by atoms with Crippen molar-refractivity contribution in [3.63, 3.8) is 0 Å². The molecule has 1 N–H and O–H groups in total. The average Bonchev–Trinajstić information content (AvgIpc) is 2.67. The van der Waals surface area contributed by atoms with Gasteiger partial charge in [-0.25, -0.2) is 0 Å². The third-order valence-corrected chi connectivity index (χ3v) is 6.09. The summed E-state index contributed by atoms with van der Waals surface area (Å²) in [7, 11) is 0. The molecule has 0 unspecified atom stereocenters. The molecule has 0 aliphatic carbocycles. The van der Waals surface area contributed by atoms with Crippen molar-refractivity contribution in [2.24, 2.45) is 11.8 Å². The first-order valence-corrected chi connectivity index (χ1v) is 10.0. The number of hydrogen-bond acceptors (Lipinski definition) is 3. The Hall–Kier alpha value is -1.10. The molecule has 3 rings (SSSR count). The van der Waals surface area contributed by atoms with E-state index in [4.69, 9.17) is 0 Å². The van der Waals surface area contributed by atoms with Crippen LogP contribution >= 0.6 is 0 Å². The van der Waals surface area contributed by atoms with Crippen molar-refractivity contribution in [2.45, 2.75) is 57.8 Å². The number of rotatable bonds is 4. The molecule has 3 aliphatic heterocycles. The number of hydrogen-bond donors (Lipinski definition) is 1. The molecule has 2 amide bonds. The highest BCUT2D eigenvalue weighted by atomic mass is 16.2. The summed E-state index contributed by atoms with van der Waals surface area (Å²) >= 11 is 0. The maximum Gasteiger partial charge on any atom is 0.225 e. The minimum absolute atomic E-state index is 0.150. The van der Waals surface area contributed by atoms with E-state index in [1.807, 2.05) is 4.90 Å².